The minimum absolute atomic E-state index is 0.0512. The summed E-state index contributed by atoms with van der Waals surface area (Å²) in [6.07, 6.45) is 0. The molecule has 0 unspecified atom stereocenters. The zero-order chi connectivity index (χ0) is 16.7. The SMILES string of the molecule is COc1ccc(CNC(=S)NCC(C)(C)N2CCOCC2)cc1. The number of morpholine rings is 1. The Labute approximate surface area is 144 Å². The first-order valence-corrected chi connectivity index (χ1v) is 8.39. The highest BCUT2D eigenvalue weighted by molar-refractivity contribution is 7.80. The molecule has 23 heavy (non-hydrogen) atoms. The summed E-state index contributed by atoms with van der Waals surface area (Å²) < 4.78 is 10.6. The summed E-state index contributed by atoms with van der Waals surface area (Å²) in [7, 11) is 1.67. The Kier molecular flexibility index (Phi) is 6.62. The second-order valence-electron chi connectivity index (χ2n) is 6.30. The van der Waals surface area contributed by atoms with Gasteiger partial charge in [-0.1, -0.05) is 12.1 Å². The predicted octanol–water partition coefficient (Wildman–Crippen LogP) is 1.77. The van der Waals surface area contributed by atoms with Gasteiger partial charge in [-0.3, -0.25) is 4.90 Å². The Hall–Kier alpha value is -1.37. The number of nitrogens with one attached hydrogen (secondary N) is 2. The van der Waals surface area contributed by atoms with Crippen molar-refractivity contribution >= 4 is 17.3 Å². The summed E-state index contributed by atoms with van der Waals surface area (Å²) in [6, 6.07) is 7.97. The quantitative estimate of drug-likeness (QED) is 0.772. The third kappa shape index (κ3) is 5.64. The normalized spacial score (nSPS) is 16.0. The van der Waals surface area contributed by atoms with Crippen molar-refractivity contribution in [2.45, 2.75) is 25.9 Å². The molecule has 5 nitrogen and oxygen atoms in total. The summed E-state index contributed by atoms with van der Waals surface area (Å²) in [6.45, 7) is 9.54. The van der Waals surface area contributed by atoms with Gasteiger partial charge < -0.3 is 20.1 Å². The smallest absolute Gasteiger partial charge is 0.166 e. The van der Waals surface area contributed by atoms with Gasteiger partial charge in [-0.25, -0.2) is 0 Å². The van der Waals surface area contributed by atoms with Crippen molar-refractivity contribution in [3.8, 4) is 5.75 Å². The molecule has 1 fully saturated rings. The van der Waals surface area contributed by atoms with E-state index in [2.05, 4.69) is 29.4 Å². The fourth-order valence-electron chi connectivity index (χ4n) is 2.57. The standard InChI is InChI=1S/C17H27N3O2S/c1-17(2,20-8-10-22-11-9-20)13-19-16(23)18-12-14-4-6-15(21-3)7-5-14/h4-7H,8-13H2,1-3H3,(H2,18,19,23). The number of nitrogens with zero attached hydrogens (tertiary/aromatic N) is 1. The van der Waals surface area contributed by atoms with E-state index in [1.54, 1.807) is 7.11 Å². The first-order chi connectivity index (χ1) is 11.0. The highest BCUT2D eigenvalue weighted by atomic mass is 32.1. The van der Waals surface area contributed by atoms with Gasteiger partial charge in [0.15, 0.2) is 5.11 Å². The van der Waals surface area contributed by atoms with Crippen molar-refractivity contribution in [3.63, 3.8) is 0 Å². The largest absolute Gasteiger partial charge is 0.497 e. The number of ether oxygens (including phenoxy) is 2. The van der Waals surface area contributed by atoms with E-state index in [9.17, 15) is 0 Å². The van der Waals surface area contributed by atoms with Crippen LogP contribution in [-0.2, 0) is 11.3 Å². The lowest BCUT2D eigenvalue weighted by molar-refractivity contribution is -0.00829. The summed E-state index contributed by atoms with van der Waals surface area (Å²) in [5, 5.41) is 7.26. The van der Waals surface area contributed by atoms with Crippen molar-refractivity contribution in [1.82, 2.24) is 15.5 Å². The number of hydrogen-bond acceptors (Lipinski definition) is 4. The number of benzene rings is 1. The molecule has 1 saturated heterocycles. The minimum atomic E-state index is 0.0512. The minimum Gasteiger partial charge on any atom is -0.497 e. The van der Waals surface area contributed by atoms with Crippen LogP contribution in [0.3, 0.4) is 0 Å². The van der Waals surface area contributed by atoms with Crippen LogP contribution < -0.4 is 15.4 Å². The molecule has 1 aliphatic heterocycles. The van der Waals surface area contributed by atoms with Crippen LogP contribution >= 0.6 is 12.2 Å². The van der Waals surface area contributed by atoms with Gasteiger partial charge in [-0.2, -0.15) is 0 Å². The van der Waals surface area contributed by atoms with Crippen LogP contribution in [0.5, 0.6) is 5.75 Å². The van der Waals surface area contributed by atoms with E-state index in [-0.39, 0.29) is 5.54 Å². The average Bonchev–Trinajstić information content (AvgIpc) is 2.59. The highest BCUT2D eigenvalue weighted by Crippen LogP contribution is 2.15. The van der Waals surface area contributed by atoms with E-state index in [0.717, 1.165) is 38.6 Å². The van der Waals surface area contributed by atoms with Gasteiger partial charge in [0.1, 0.15) is 5.75 Å². The fourth-order valence-corrected chi connectivity index (χ4v) is 2.71. The molecule has 128 valence electrons. The predicted molar refractivity (Wildman–Crippen MR) is 96.9 cm³/mol. The Morgan fingerprint density at radius 2 is 1.87 bits per heavy atom. The van der Waals surface area contributed by atoms with Crippen LogP contribution in [0, 0.1) is 0 Å². The van der Waals surface area contributed by atoms with Gasteiger partial charge >= 0.3 is 0 Å². The molecule has 1 aromatic rings. The number of methoxy groups -OCH3 is 1. The molecular weight excluding hydrogens is 310 g/mol. The molecule has 2 rings (SSSR count). The molecule has 0 saturated carbocycles. The second kappa shape index (κ2) is 8.47. The van der Waals surface area contributed by atoms with Crippen molar-refractivity contribution in [2.75, 3.05) is 40.0 Å². The molecule has 0 radical (unpaired) electrons. The topological polar surface area (TPSA) is 45.8 Å². The zero-order valence-electron chi connectivity index (χ0n) is 14.2. The van der Waals surface area contributed by atoms with E-state index in [1.165, 1.54) is 5.56 Å². The lowest BCUT2D eigenvalue weighted by atomic mass is 10.0. The molecule has 0 bridgehead atoms. The zero-order valence-corrected chi connectivity index (χ0v) is 15.0. The molecule has 1 aliphatic rings. The van der Waals surface area contributed by atoms with Crippen molar-refractivity contribution in [2.24, 2.45) is 0 Å². The second-order valence-corrected chi connectivity index (χ2v) is 6.70. The van der Waals surface area contributed by atoms with Gasteiger partial charge in [-0.15, -0.1) is 0 Å². The molecular formula is C17H27N3O2S. The molecule has 0 amide bonds. The van der Waals surface area contributed by atoms with Crippen molar-refractivity contribution in [1.29, 1.82) is 0 Å². The van der Waals surface area contributed by atoms with E-state index in [0.29, 0.717) is 11.7 Å². The van der Waals surface area contributed by atoms with Crippen LogP contribution in [0.15, 0.2) is 24.3 Å². The van der Waals surface area contributed by atoms with Crippen LogP contribution in [-0.4, -0.2) is 55.5 Å². The van der Waals surface area contributed by atoms with Gasteiger partial charge in [0.2, 0.25) is 0 Å². The summed E-state index contributed by atoms with van der Waals surface area (Å²) >= 11 is 5.38. The van der Waals surface area contributed by atoms with E-state index in [4.69, 9.17) is 21.7 Å². The van der Waals surface area contributed by atoms with Gasteiger partial charge in [-0.05, 0) is 43.8 Å². The third-order valence-corrected chi connectivity index (χ3v) is 4.45. The molecule has 1 heterocycles. The molecule has 6 heteroatoms. The summed E-state index contributed by atoms with van der Waals surface area (Å²) in [5.41, 5.74) is 1.22. The van der Waals surface area contributed by atoms with Crippen LogP contribution in [0.25, 0.3) is 0 Å². The summed E-state index contributed by atoms with van der Waals surface area (Å²) in [5.74, 6) is 0.863. The number of rotatable bonds is 6. The highest BCUT2D eigenvalue weighted by Gasteiger charge is 2.28. The maximum Gasteiger partial charge on any atom is 0.166 e. The Balaban J connectivity index is 1.73. The lowest BCUT2D eigenvalue weighted by Crippen LogP contribution is -2.56. The fraction of sp³-hybridized carbons (Fsp3) is 0.588. The Morgan fingerprint density at radius 3 is 2.48 bits per heavy atom. The summed E-state index contributed by atoms with van der Waals surface area (Å²) in [4.78, 5) is 2.44. The molecule has 0 aliphatic carbocycles. The van der Waals surface area contributed by atoms with Crippen LogP contribution in [0.1, 0.15) is 19.4 Å². The first-order valence-electron chi connectivity index (χ1n) is 7.99. The van der Waals surface area contributed by atoms with E-state index in [1.807, 2.05) is 24.3 Å². The Bertz CT molecular complexity index is 499. The van der Waals surface area contributed by atoms with E-state index < -0.39 is 0 Å². The van der Waals surface area contributed by atoms with Gasteiger partial charge in [0, 0.05) is 31.7 Å². The molecule has 1 aromatic carbocycles. The Morgan fingerprint density at radius 1 is 1.22 bits per heavy atom. The third-order valence-electron chi connectivity index (χ3n) is 4.16. The monoisotopic (exact) mass is 337 g/mol. The van der Waals surface area contributed by atoms with Gasteiger partial charge in [0.05, 0.1) is 20.3 Å². The molecule has 2 N–H and O–H groups in total. The van der Waals surface area contributed by atoms with Crippen molar-refractivity contribution in [3.05, 3.63) is 29.8 Å². The van der Waals surface area contributed by atoms with Crippen molar-refractivity contribution < 1.29 is 9.47 Å². The molecule has 0 atom stereocenters. The van der Waals surface area contributed by atoms with E-state index >= 15 is 0 Å². The first kappa shape index (κ1) is 18.0. The maximum absolute atomic E-state index is 5.42. The lowest BCUT2D eigenvalue weighted by Gasteiger charge is -2.41. The van der Waals surface area contributed by atoms with Gasteiger partial charge in [0.25, 0.3) is 0 Å². The van der Waals surface area contributed by atoms with Crippen LogP contribution in [0.4, 0.5) is 0 Å². The molecule has 0 aromatic heterocycles. The average molecular weight is 337 g/mol. The van der Waals surface area contributed by atoms with Crippen LogP contribution in [0.2, 0.25) is 0 Å². The number of thiocarbonyl (C=S) groups is 1. The maximum atomic E-state index is 5.42. The number of hydrogen-bond donors (Lipinski definition) is 2. The molecule has 0 spiro atoms.